The van der Waals surface area contributed by atoms with Gasteiger partial charge in [-0.3, -0.25) is 4.79 Å². The second-order valence-corrected chi connectivity index (χ2v) is 7.46. The Labute approximate surface area is 173 Å². The summed E-state index contributed by atoms with van der Waals surface area (Å²) in [6, 6.07) is 21.2. The maximum Gasteiger partial charge on any atom is 0.254 e. The molecule has 4 aromatic rings. The molecule has 0 bridgehead atoms. The van der Waals surface area contributed by atoms with Gasteiger partial charge in [-0.05, 0) is 48.9 Å². The lowest BCUT2D eigenvalue weighted by Gasteiger charge is -2.16. The summed E-state index contributed by atoms with van der Waals surface area (Å²) in [6.07, 6.45) is 4.85. The smallest absolute Gasteiger partial charge is 0.254 e. The van der Waals surface area contributed by atoms with Crippen molar-refractivity contribution in [1.29, 1.82) is 0 Å². The fourth-order valence-electron chi connectivity index (χ4n) is 2.86. The summed E-state index contributed by atoms with van der Waals surface area (Å²) in [5.41, 5.74) is 2.48. The van der Waals surface area contributed by atoms with Crippen molar-refractivity contribution in [2.24, 2.45) is 0 Å². The van der Waals surface area contributed by atoms with Crippen molar-refractivity contribution in [3.63, 3.8) is 0 Å². The molecule has 7 heteroatoms. The molecule has 2 aromatic heterocycles. The van der Waals surface area contributed by atoms with E-state index in [1.54, 1.807) is 29.3 Å². The van der Waals surface area contributed by atoms with Gasteiger partial charge in [-0.2, -0.15) is 5.10 Å². The summed E-state index contributed by atoms with van der Waals surface area (Å²) in [4.78, 5) is 22.3. The largest absolute Gasteiger partial charge is 0.345 e. The van der Waals surface area contributed by atoms with E-state index in [-0.39, 0.29) is 11.9 Å². The number of nitrogens with zero attached hydrogens (tertiary/aromatic N) is 4. The number of benzene rings is 2. The first kappa shape index (κ1) is 18.9. The minimum atomic E-state index is -0.151. The van der Waals surface area contributed by atoms with E-state index in [0.29, 0.717) is 10.6 Å². The number of aromatic nitrogens is 4. The summed E-state index contributed by atoms with van der Waals surface area (Å²) in [7, 11) is 0. The standard InChI is InChI=1S/C22H19N5OS/c1-16(17-9-11-18(12-10-17)27-15-23-14-25-27)26-21(28)20-8-5-13-24-22(20)29-19-6-3-2-4-7-19/h2-16H,1H3,(H,26,28)/t16-/m1/s1. The average Bonchev–Trinajstić information content (AvgIpc) is 3.30. The van der Waals surface area contributed by atoms with Crippen LogP contribution in [0.25, 0.3) is 5.69 Å². The lowest BCUT2D eigenvalue weighted by molar-refractivity contribution is 0.0936. The SMILES string of the molecule is C[C@@H](NC(=O)c1cccnc1Sc1ccccc1)c1ccc(-n2cncn2)cc1. The van der Waals surface area contributed by atoms with Gasteiger partial charge < -0.3 is 5.32 Å². The van der Waals surface area contributed by atoms with Crippen LogP contribution in [0.4, 0.5) is 0 Å². The highest BCUT2D eigenvalue weighted by molar-refractivity contribution is 7.99. The molecule has 0 radical (unpaired) electrons. The Morgan fingerprint density at radius 2 is 1.83 bits per heavy atom. The fourth-order valence-corrected chi connectivity index (χ4v) is 3.76. The average molecular weight is 401 g/mol. The number of pyridine rings is 1. The zero-order chi connectivity index (χ0) is 20.1. The second kappa shape index (κ2) is 8.70. The normalized spacial score (nSPS) is 11.8. The summed E-state index contributed by atoms with van der Waals surface area (Å²) in [5.74, 6) is -0.149. The maximum absolute atomic E-state index is 12.9. The van der Waals surface area contributed by atoms with Crippen LogP contribution in [-0.2, 0) is 0 Å². The van der Waals surface area contributed by atoms with E-state index in [4.69, 9.17) is 0 Å². The Hall–Kier alpha value is -3.45. The van der Waals surface area contributed by atoms with Gasteiger partial charge in [0.15, 0.2) is 0 Å². The molecule has 144 valence electrons. The third-order valence-corrected chi connectivity index (χ3v) is 5.42. The van der Waals surface area contributed by atoms with E-state index < -0.39 is 0 Å². The lowest BCUT2D eigenvalue weighted by atomic mass is 10.1. The molecule has 4 rings (SSSR count). The summed E-state index contributed by atoms with van der Waals surface area (Å²) in [6.45, 7) is 1.96. The number of hydrogen-bond donors (Lipinski definition) is 1. The van der Waals surface area contributed by atoms with Crippen LogP contribution < -0.4 is 5.32 Å². The fraction of sp³-hybridized carbons (Fsp3) is 0.0909. The van der Waals surface area contributed by atoms with Gasteiger partial charge in [0.2, 0.25) is 0 Å². The molecule has 0 aliphatic heterocycles. The van der Waals surface area contributed by atoms with E-state index >= 15 is 0 Å². The molecular formula is C22H19N5OS. The van der Waals surface area contributed by atoms with Crippen LogP contribution >= 0.6 is 11.8 Å². The molecule has 0 saturated carbocycles. The Morgan fingerprint density at radius 1 is 1.03 bits per heavy atom. The first-order valence-corrected chi connectivity index (χ1v) is 9.96. The van der Waals surface area contributed by atoms with Crippen molar-refractivity contribution >= 4 is 17.7 Å². The van der Waals surface area contributed by atoms with Crippen LogP contribution in [0.15, 0.2) is 95.5 Å². The minimum Gasteiger partial charge on any atom is -0.345 e. The van der Waals surface area contributed by atoms with Gasteiger partial charge in [-0.15, -0.1) is 0 Å². The lowest BCUT2D eigenvalue weighted by Crippen LogP contribution is -2.27. The maximum atomic E-state index is 12.9. The molecule has 6 nitrogen and oxygen atoms in total. The predicted molar refractivity (Wildman–Crippen MR) is 112 cm³/mol. The summed E-state index contributed by atoms with van der Waals surface area (Å²) >= 11 is 1.48. The second-order valence-electron chi connectivity index (χ2n) is 6.40. The van der Waals surface area contributed by atoms with Gasteiger partial charge in [0.25, 0.3) is 5.91 Å². The third kappa shape index (κ3) is 4.52. The molecule has 2 heterocycles. The number of amides is 1. The summed E-state index contributed by atoms with van der Waals surface area (Å²) < 4.78 is 1.69. The van der Waals surface area contributed by atoms with Crippen molar-refractivity contribution in [1.82, 2.24) is 25.1 Å². The van der Waals surface area contributed by atoms with Crippen molar-refractivity contribution < 1.29 is 4.79 Å². The van der Waals surface area contributed by atoms with Crippen molar-refractivity contribution in [3.8, 4) is 5.69 Å². The highest BCUT2D eigenvalue weighted by Crippen LogP contribution is 2.28. The van der Waals surface area contributed by atoms with Crippen molar-refractivity contribution in [2.45, 2.75) is 22.9 Å². The topological polar surface area (TPSA) is 72.7 Å². The molecule has 0 fully saturated rings. The molecule has 2 aromatic carbocycles. The van der Waals surface area contributed by atoms with Crippen LogP contribution in [0.1, 0.15) is 28.9 Å². The van der Waals surface area contributed by atoms with Crippen LogP contribution in [0.2, 0.25) is 0 Å². The molecule has 0 aliphatic rings. The van der Waals surface area contributed by atoms with Gasteiger partial charge >= 0.3 is 0 Å². The van der Waals surface area contributed by atoms with E-state index in [1.165, 1.54) is 18.1 Å². The highest BCUT2D eigenvalue weighted by Gasteiger charge is 2.16. The molecule has 1 atom stereocenters. The Balaban J connectivity index is 1.48. The van der Waals surface area contributed by atoms with Crippen molar-refractivity contribution in [3.05, 3.63) is 96.7 Å². The Morgan fingerprint density at radius 3 is 2.55 bits per heavy atom. The predicted octanol–water partition coefficient (Wildman–Crippen LogP) is 4.30. The zero-order valence-electron chi connectivity index (χ0n) is 15.8. The molecule has 0 spiro atoms. The van der Waals surface area contributed by atoms with Gasteiger partial charge in [-0.25, -0.2) is 14.6 Å². The van der Waals surface area contributed by atoms with E-state index in [0.717, 1.165) is 16.1 Å². The van der Waals surface area contributed by atoms with E-state index in [2.05, 4.69) is 20.4 Å². The number of carbonyl (C=O) groups excluding carboxylic acids is 1. The molecule has 0 unspecified atom stereocenters. The summed E-state index contributed by atoms with van der Waals surface area (Å²) in [5, 5.41) is 7.87. The van der Waals surface area contributed by atoms with Gasteiger partial charge in [-0.1, -0.05) is 42.1 Å². The van der Waals surface area contributed by atoms with Gasteiger partial charge in [0.05, 0.1) is 17.3 Å². The third-order valence-electron chi connectivity index (χ3n) is 4.40. The number of rotatable bonds is 6. The van der Waals surface area contributed by atoms with Crippen LogP contribution in [0.5, 0.6) is 0 Å². The van der Waals surface area contributed by atoms with E-state index in [9.17, 15) is 4.79 Å². The van der Waals surface area contributed by atoms with Gasteiger partial charge in [0, 0.05) is 11.1 Å². The number of nitrogens with one attached hydrogen (secondary N) is 1. The van der Waals surface area contributed by atoms with Crippen LogP contribution in [-0.4, -0.2) is 25.7 Å². The van der Waals surface area contributed by atoms with Gasteiger partial charge in [0.1, 0.15) is 17.7 Å². The molecule has 0 aliphatic carbocycles. The Bertz CT molecular complexity index is 1080. The van der Waals surface area contributed by atoms with Crippen molar-refractivity contribution in [2.75, 3.05) is 0 Å². The van der Waals surface area contributed by atoms with Crippen LogP contribution in [0.3, 0.4) is 0 Å². The number of carbonyl (C=O) groups is 1. The van der Waals surface area contributed by atoms with Crippen LogP contribution in [0, 0.1) is 0 Å². The minimum absolute atomic E-state index is 0.149. The molecular weight excluding hydrogens is 382 g/mol. The van der Waals surface area contributed by atoms with E-state index in [1.807, 2.05) is 61.5 Å². The monoisotopic (exact) mass is 401 g/mol. The highest BCUT2D eigenvalue weighted by atomic mass is 32.2. The molecule has 0 saturated heterocycles. The first-order chi connectivity index (χ1) is 14.2. The molecule has 29 heavy (non-hydrogen) atoms. The number of hydrogen-bond acceptors (Lipinski definition) is 5. The quantitative estimate of drug-likeness (QED) is 0.521. The molecule has 1 N–H and O–H groups in total. The first-order valence-electron chi connectivity index (χ1n) is 9.14. The molecule has 1 amide bonds. The Kier molecular flexibility index (Phi) is 5.67. The zero-order valence-corrected chi connectivity index (χ0v) is 16.6.